The lowest BCUT2D eigenvalue weighted by Gasteiger charge is -2.13. The average molecular weight is 479 g/mol. The van der Waals surface area contributed by atoms with Crippen molar-refractivity contribution in [1.29, 1.82) is 0 Å². The van der Waals surface area contributed by atoms with Gasteiger partial charge >= 0.3 is 0 Å². The maximum Gasteiger partial charge on any atom is 0.256 e. The molecular formula is C26H27FN4O4. The highest BCUT2D eigenvalue weighted by molar-refractivity contribution is 5.99. The molecule has 4 rings (SSSR count). The van der Waals surface area contributed by atoms with Gasteiger partial charge in [0.05, 0.1) is 27.5 Å². The summed E-state index contributed by atoms with van der Waals surface area (Å²) in [5.74, 6) is 1.11. The number of halogens is 1. The fraction of sp³-hybridized carbons (Fsp3) is 0.269. The van der Waals surface area contributed by atoms with Gasteiger partial charge in [0.1, 0.15) is 11.4 Å². The van der Waals surface area contributed by atoms with E-state index in [2.05, 4.69) is 15.4 Å². The third kappa shape index (κ3) is 4.89. The van der Waals surface area contributed by atoms with Gasteiger partial charge < -0.3 is 19.5 Å². The van der Waals surface area contributed by atoms with Gasteiger partial charge in [0.25, 0.3) is 5.91 Å². The van der Waals surface area contributed by atoms with Crippen molar-refractivity contribution in [2.24, 2.45) is 0 Å². The van der Waals surface area contributed by atoms with Crippen LogP contribution in [0.5, 0.6) is 17.4 Å². The summed E-state index contributed by atoms with van der Waals surface area (Å²) in [6.45, 7) is 2.22. The van der Waals surface area contributed by atoms with Crippen molar-refractivity contribution >= 4 is 11.6 Å². The molecular weight excluding hydrogens is 451 g/mol. The molecule has 2 aromatic heterocycles. The van der Waals surface area contributed by atoms with Crippen LogP contribution in [0.1, 0.15) is 32.7 Å². The molecule has 0 radical (unpaired) electrons. The molecule has 0 saturated carbocycles. The number of rotatable bonds is 9. The highest BCUT2D eigenvalue weighted by Crippen LogP contribution is 2.28. The van der Waals surface area contributed by atoms with Crippen molar-refractivity contribution in [2.75, 3.05) is 27.9 Å². The summed E-state index contributed by atoms with van der Waals surface area (Å²) in [4.78, 5) is 17.5. The van der Waals surface area contributed by atoms with Gasteiger partial charge in [-0.05, 0) is 42.7 Å². The zero-order valence-corrected chi connectivity index (χ0v) is 20.1. The van der Waals surface area contributed by atoms with E-state index in [4.69, 9.17) is 14.2 Å². The van der Waals surface area contributed by atoms with E-state index >= 15 is 0 Å². The van der Waals surface area contributed by atoms with Gasteiger partial charge in [0.15, 0.2) is 17.1 Å². The van der Waals surface area contributed by atoms with Crippen molar-refractivity contribution in [3.05, 3.63) is 82.4 Å². The third-order valence-corrected chi connectivity index (χ3v) is 5.81. The minimum atomic E-state index is -0.302. The van der Waals surface area contributed by atoms with Crippen LogP contribution in [0.2, 0.25) is 0 Å². The first-order chi connectivity index (χ1) is 17.0. The van der Waals surface area contributed by atoms with Crippen LogP contribution in [0.3, 0.4) is 0 Å². The van der Waals surface area contributed by atoms with Crippen molar-refractivity contribution in [3.63, 3.8) is 0 Å². The predicted octanol–water partition coefficient (Wildman–Crippen LogP) is 3.77. The van der Waals surface area contributed by atoms with Crippen molar-refractivity contribution in [1.82, 2.24) is 19.9 Å². The second-order valence-corrected chi connectivity index (χ2v) is 7.94. The number of methoxy groups -OCH3 is 3. The number of carbonyl (C=O) groups is 1. The minimum absolute atomic E-state index is 0.289. The molecule has 0 fully saturated rings. The molecule has 2 heterocycles. The molecule has 0 spiro atoms. The second-order valence-electron chi connectivity index (χ2n) is 7.94. The third-order valence-electron chi connectivity index (χ3n) is 5.81. The molecule has 0 aliphatic carbocycles. The number of amides is 1. The van der Waals surface area contributed by atoms with E-state index in [9.17, 15) is 9.18 Å². The highest BCUT2D eigenvalue weighted by atomic mass is 19.1. The molecule has 8 nitrogen and oxygen atoms in total. The maximum atomic E-state index is 14.2. The Morgan fingerprint density at radius 2 is 1.83 bits per heavy atom. The van der Waals surface area contributed by atoms with E-state index in [-0.39, 0.29) is 18.1 Å². The number of nitrogens with one attached hydrogen (secondary N) is 1. The van der Waals surface area contributed by atoms with Crippen LogP contribution in [-0.4, -0.2) is 48.4 Å². The van der Waals surface area contributed by atoms with Gasteiger partial charge in [0.2, 0.25) is 5.88 Å². The molecule has 9 heteroatoms. The van der Waals surface area contributed by atoms with Crippen molar-refractivity contribution in [2.45, 2.75) is 19.8 Å². The molecule has 0 aliphatic heterocycles. The quantitative estimate of drug-likeness (QED) is 0.394. The SMILES string of the molecule is COc1ccc(CCNC(=O)c2cnn3c(OC)c(Cc4ccccc4F)c(C)nc23)cc1OC. The summed E-state index contributed by atoms with van der Waals surface area (Å²) < 4.78 is 31.9. The number of aromatic nitrogens is 3. The van der Waals surface area contributed by atoms with Crippen LogP contribution in [0, 0.1) is 12.7 Å². The fourth-order valence-electron chi connectivity index (χ4n) is 3.96. The summed E-state index contributed by atoms with van der Waals surface area (Å²) in [6, 6.07) is 12.2. The first kappa shape index (κ1) is 24.0. The predicted molar refractivity (Wildman–Crippen MR) is 129 cm³/mol. The topological polar surface area (TPSA) is 87.0 Å². The van der Waals surface area contributed by atoms with E-state index < -0.39 is 0 Å². The summed E-state index contributed by atoms with van der Waals surface area (Å²) >= 11 is 0. The fourth-order valence-corrected chi connectivity index (χ4v) is 3.96. The molecule has 0 aliphatic rings. The molecule has 0 unspecified atom stereocenters. The average Bonchev–Trinajstić information content (AvgIpc) is 3.28. The number of hydrogen-bond donors (Lipinski definition) is 1. The first-order valence-corrected chi connectivity index (χ1v) is 11.1. The van der Waals surface area contributed by atoms with Crippen LogP contribution in [0.15, 0.2) is 48.7 Å². The normalized spacial score (nSPS) is 10.9. The Kier molecular flexibility index (Phi) is 7.14. The van der Waals surface area contributed by atoms with Gasteiger partial charge in [0, 0.05) is 24.2 Å². The standard InChI is InChI=1S/C26H27FN4O4/c1-16-19(14-18-7-5-6-8-21(18)27)26(35-4)31-24(30-16)20(15-29-31)25(32)28-12-11-17-9-10-22(33-2)23(13-17)34-3/h5-10,13,15H,11-12,14H2,1-4H3,(H,28,32). The number of fused-ring (bicyclic) bond motifs is 1. The van der Waals surface area contributed by atoms with E-state index in [0.29, 0.717) is 58.4 Å². The van der Waals surface area contributed by atoms with E-state index in [1.54, 1.807) is 32.4 Å². The van der Waals surface area contributed by atoms with Crippen LogP contribution < -0.4 is 19.5 Å². The number of nitrogens with zero attached hydrogens (tertiary/aromatic N) is 3. The Balaban J connectivity index is 1.53. The lowest BCUT2D eigenvalue weighted by Crippen LogP contribution is -2.25. The number of benzene rings is 2. The Morgan fingerprint density at radius 1 is 1.06 bits per heavy atom. The van der Waals surface area contributed by atoms with Crippen LogP contribution >= 0.6 is 0 Å². The Morgan fingerprint density at radius 3 is 2.54 bits per heavy atom. The molecule has 0 atom stereocenters. The zero-order valence-electron chi connectivity index (χ0n) is 20.1. The van der Waals surface area contributed by atoms with Gasteiger partial charge in [-0.15, -0.1) is 0 Å². The molecule has 1 N–H and O–H groups in total. The molecule has 1 amide bonds. The zero-order chi connectivity index (χ0) is 24.9. The van der Waals surface area contributed by atoms with Crippen LogP contribution in [0.4, 0.5) is 4.39 Å². The van der Waals surface area contributed by atoms with Gasteiger partial charge in [-0.2, -0.15) is 9.61 Å². The molecule has 4 aromatic rings. The molecule has 0 bridgehead atoms. The van der Waals surface area contributed by atoms with Crippen molar-refractivity contribution in [3.8, 4) is 17.4 Å². The van der Waals surface area contributed by atoms with Crippen LogP contribution in [0.25, 0.3) is 5.65 Å². The lowest BCUT2D eigenvalue weighted by molar-refractivity contribution is 0.0955. The number of aryl methyl sites for hydroxylation is 1. The van der Waals surface area contributed by atoms with Crippen molar-refractivity contribution < 1.29 is 23.4 Å². The first-order valence-electron chi connectivity index (χ1n) is 11.1. The second kappa shape index (κ2) is 10.4. The molecule has 182 valence electrons. The Hall–Kier alpha value is -4.14. The number of ether oxygens (including phenoxy) is 3. The highest BCUT2D eigenvalue weighted by Gasteiger charge is 2.21. The Bertz CT molecular complexity index is 1370. The molecule has 2 aromatic carbocycles. The van der Waals surface area contributed by atoms with E-state index in [1.807, 2.05) is 25.1 Å². The molecule has 0 saturated heterocycles. The summed E-state index contributed by atoms with van der Waals surface area (Å²) in [7, 11) is 4.69. The van der Waals surface area contributed by atoms with E-state index in [0.717, 1.165) is 5.56 Å². The summed E-state index contributed by atoms with van der Waals surface area (Å²) in [6.07, 6.45) is 2.36. The summed E-state index contributed by atoms with van der Waals surface area (Å²) in [5, 5.41) is 7.24. The Labute approximate surface area is 202 Å². The summed E-state index contributed by atoms with van der Waals surface area (Å²) in [5.41, 5.74) is 3.56. The largest absolute Gasteiger partial charge is 0.493 e. The number of hydrogen-bond acceptors (Lipinski definition) is 6. The minimum Gasteiger partial charge on any atom is -0.493 e. The molecule has 35 heavy (non-hydrogen) atoms. The monoisotopic (exact) mass is 478 g/mol. The number of carbonyl (C=O) groups excluding carboxylic acids is 1. The smallest absolute Gasteiger partial charge is 0.256 e. The van der Waals surface area contributed by atoms with Gasteiger partial charge in [-0.1, -0.05) is 24.3 Å². The maximum absolute atomic E-state index is 14.2. The van der Waals surface area contributed by atoms with Gasteiger partial charge in [-0.25, -0.2) is 9.37 Å². The lowest BCUT2D eigenvalue weighted by atomic mass is 10.0. The van der Waals surface area contributed by atoms with Gasteiger partial charge in [-0.3, -0.25) is 4.79 Å². The van der Waals surface area contributed by atoms with E-state index in [1.165, 1.54) is 23.9 Å². The van der Waals surface area contributed by atoms with Crippen LogP contribution in [-0.2, 0) is 12.8 Å².